The predicted molar refractivity (Wildman–Crippen MR) is 167 cm³/mol. The molecule has 8 nitrogen and oxygen atoms in total. The van der Waals surface area contributed by atoms with Crippen LogP contribution in [0.4, 0.5) is 11.4 Å². The highest BCUT2D eigenvalue weighted by Crippen LogP contribution is 2.36. The molecule has 2 N–H and O–H groups in total. The SMILES string of the molecule is O=C1c2ccccc2C(=O)c2c(NCCCOCCOCCI)ccc(NCCCOCCOCCI)c21. The Morgan fingerprint density at radius 1 is 0.553 bits per heavy atom. The maximum Gasteiger partial charge on any atom is 0.196 e. The molecule has 0 heterocycles. The van der Waals surface area contributed by atoms with Gasteiger partial charge in [0.05, 0.1) is 50.8 Å². The van der Waals surface area contributed by atoms with Crippen molar-refractivity contribution < 1.29 is 28.5 Å². The number of fused-ring (bicyclic) bond motifs is 2. The molecule has 0 spiro atoms. The molecule has 38 heavy (non-hydrogen) atoms. The topological polar surface area (TPSA) is 95.1 Å². The number of ketones is 2. The minimum absolute atomic E-state index is 0.139. The smallest absolute Gasteiger partial charge is 0.196 e. The van der Waals surface area contributed by atoms with Crippen molar-refractivity contribution in [3.8, 4) is 0 Å². The van der Waals surface area contributed by atoms with E-state index in [1.807, 2.05) is 12.1 Å². The molecule has 0 saturated carbocycles. The number of alkyl halides is 2. The van der Waals surface area contributed by atoms with Gasteiger partial charge in [-0.2, -0.15) is 0 Å². The van der Waals surface area contributed by atoms with E-state index in [0.717, 1.165) is 34.9 Å². The van der Waals surface area contributed by atoms with Crippen molar-refractivity contribution in [2.75, 3.05) is 85.4 Å². The van der Waals surface area contributed by atoms with Crippen LogP contribution in [0.5, 0.6) is 0 Å². The zero-order valence-corrected chi connectivity index (χ0v) is 25.9. The summed E-state index contributed by atoms with van der Waals surface area (Å²) < 4.78 is 24.0. The van der Waals surface area contributed by atoms with Crippen molar-refractivity contribution in [1.82, 2.24) is 0 Å². The van der Waals surface area contributed by atoms with Crippen LogP contribution in [0.25, 0.3) is 0 Å². The number of carbonyl (C=O) groups excluding carboxylic acids is 2. The lowest BCUT2D eigenvalue weighted by Gasteiger charge is -2.24. The zero-order chi connectivity index (χ0) is 27.0. The van der Waals surface area contributed by atoms with E-state index < -0.39 is 0 Å². The Labute approximate surface area is 252 Å². The molecule has 0 unspecified atom stereocenters. The normalized spacial score (nSPS) is 12.4. The summed E-state index contributed by atoms with van der Waals surface area (Å²) in [5.41, 5.74) is 3.07. The minimum Gasteiger partial charge on any atom is -0.384 e. The summed E-state index contributed by atoms with van der Waals surface area (Å²) in [6.07, 6.45) is 1.53. The summed E-state index contributed by atoms with van der Waals surface area (Å²) in [6, 6.07) is 10.8. The van der Waals surface area contributed by atoms with Crippen LogP contribution in [0.2, 0.25) is 0 Å². The summed E-state index contributed by atoms with van der Waals surface area (Å²) in [5, 5.41) is 6.71. The third-order valence-electron chi connectivity index (χ3n) is 5.82. The third-order valence-corrected chi connectivity index (χ3v) is 6.71. The second-order valence-corrected chi connectivity index (χ2v) is 10.7. The first kappa shape index (κ1) is 31.2. The van der Waals surface area contributed by atoms with Gasteiger partial charge in [-0.05, 0) is 25.0 Å². The van der Waals surface area contributed by atoms with E-state index in [1.54, 1.807) is 24.3 Å². The molecular formula is C28H36I2N2O6. The minimum atomic E-state index is -0.139. The molecule has 1 aliphatic rings. The fourth-order valence-electron chi connectivity index (χ4n) is 4.07. The molecule has 10 heteroatoms. The van der Waals surface area contributed by atoms with Crippen molar-refractivity contribution >= 4 is 68.1 Å². The number of ether oxygens (including phenoxy) is 4. The molecule has 0 bridgehead atoms. The van der Waals surface area contributed by atoms with Gasteiger partial charge in [0, 0.05) is 57.7 Å². The molecule has 3 rings (SSSR count). The first-order valence-electron chi connectivity index (χ1n) is 12.9. The molecule has 0 fully saturated rings. The average molecular weight is 750 g/mol. The van der Waals surface area contributed by atoms with Crippen molar-refractivity contribution in [2.24, 2.45) is 0 Å². The molecule has 0 atom stereocenters. The molecule has 0 radical (unpaired) electrons. The van der Waals surface area contributed by atoms with E-state index in [-0.39, 0.29) is 11.6 Å². The van der Waals surface area contributed by atoms with Crippen LogP contribution in [0.15, 0.2) is 36.4 Å². The largest absolute Gasteiger partial charge is 0.384 e. The standard InChI is InChI=1S/C28H36I2N2O6/c29-9-15-37-19-17-35-13-3-11-31-23-7-8-24(32-12-4-14-36-18-20-38-16-10-30)26-25(23)27(33)21-5-1-2-6-22(21)28(26)34/h1-2,5-8,31-32H,3-4,9-20H2. The van der Waals surface area contributed by atoms with E-state index in [9.17, 15) is 9.59 Å². The van der Waals surface area contributed by atoms with Gasteiger partial charge in [-0.25, -0.2) is 0 Å². The lowest BCUT2D eigenvalue weighted by Crippen LogP contribution is -2.24. The summed E-state index contributed by atoms with van der Waals surface area (Å²) in [5.74, 6) is -0.278. The zero-order valence-electron chi connectivity index (χ0n) is 21.6. The van der Waals surface area contributed by atoms with E-state index in [1.165, 1.54) is 0 Å². The molecule has 2 aromatic rings. The Hall–Kier alpha value is -1.32. The number of nitrogens with one attached hydrogen (secondary N) is 2. The monoisotopic (exact) mass is 750 g/mol. The van der Waals surface area contributed by atoms with E-state index >= 15 is 0 Å². The fourth-order valence-corrected chi connectivity index (χ4v) is 4.69. The molecule has 0 aromatic heterocycles. The lowest BCUT2D eigenvalue weighted by atomic mass is 9.82. The van der Waals surface area contributed by atoms with Gasteiger partial charge >= 0.3 is 0 Å². The van der Waals surface area contributed by atoms with Crippen molar-refractivity contribution in [3.05, 3.63) is 58.7 Å². The highest BCUT2D eigenvalue weighted by Gasteiger charge is 2.33. The van der Waals surface area contributed by atoms with Gasteiger partial charge in [0.1, 0.15) is 0 Å². The number of benzene rings is 2. The maximum absolute atomic E-state index is 13.5. The highest BCUT2D eigenvalue weighted by atomic mass is 127. The van der Waals surface area contributed by atoms with E-state index in [0.29, 0.717) is 86.4 Å². The van der Waals surface area contributed by atoms with Crippen molar-refractivity contribution in [1.29, 1.82) is 0 Å². The Balaban J connectivity index is 1.60. The quantitative estimate of drug-likeness (QED) is 0.0948. The van der Waals surface area contributed by atoms with Gasteiger partial charge in [-0.3, -0.25) is 9.59 Å². The van der Waals surface area contributed by atoms with Crippen LogP contribution in [0.1, 0.15) is 44.7 Å². The van der Waals surface area contributed by atoms with E-state index in [2.05, 4.69) is 55.8 Å². The van der Waals surface area contributed by atoms with Crippen molar-refractivity contribution in [2.45, 2.75) is 12.8 Å². The Morgan fingerprint density at radius 3 is 1.34 bits per heavy atom. The van der Waals surface area contributed by atoms with Crippen LogP contribution in [-0.4, -0.2) is 86.4 Å². The number of anilines is 2. The Kier molecular flexibility index (Phi) is 14.9. The number of hydrogen-bond acceptors (Lipinski definition) is 8. The van der Waals surface area contributed by atoms with E-state index in [4.69, 9.17) is 18.9 Å². The number of halogens is 2. The van der Waals surface area contributed by atoms with Crippen LogP contribution in [0.3, 0.4) is 0 Å². The average Bonchev–Trinajstić information content (AvgIpc) is 2.94. The van der Waals surface area contributed by atoms with Crippen LogP contribution < -0.4 is 10.6 Å². The number of rotatable bonds is 20. The lowest BCUT2D eigenvalue weighted by molar-refractivity contribution is 0.0543. The van der Waals surface area contributed by atoms with Crippen molar-refractivity contribution in [3.63, 3.8) is 0 Å². The molecule has 0 amide bonds. The summed E-state index contributed by atoms with van der Waals surface area (Å²) in [7, 11) is 0. The van der Waals surface area contributed by atoms with Crippen LogP contribution >= 0.6 is 45.2 Å². The summed E-state index contributed by atoms with van der Waals surface area (Å²) in [4.78, 5) is 27.0. The second kappa shape index (κ2) is 18.1. The van der Waals surface area contributed by atoms with Gasteiger partial charge < -0.3 is 29.6 Å². The first-order chi connectivity index (χ1) is 18.7. The van der Waals surface area contributed by atoms with Gasteiger partial charge in [-0.1, -0.05) is 69.4 Å². The van der Waals surface area contributed by atoms with Gasteiger partial charge in [0.25, 0.3) is 0 Å². The molecular weight excluding hydrogens is 714 g/mol. The molecule has 0 saturated heterocycles. The first-order valence-corrected chi connectivity index (χ1v) is 16.0. The second-order valence-electron chi connectivity index (χ2n) is 8.50. The molecule has 208 valence electrons. The molecule has 2 aromatic carbocycles. The maximum atomic E-state index is 13.5. The molecule has 1 aliphatic carbocycles. The predicted octanol–water partition coefficient (Wildman–Crippen LogP) is 5.00. The summed E-state index contributed by atoms with van der Waals surface area (Å²) in [6.45, 7) is 6.20. The van der Waals surface area contributed by atoms with Crippen LogP contribution in [0, 0.1) is 0 Å². The Morgan fingerprint density at radius 2 is 0.947 bits per heavy atom. The van der Waals surface area contributed by atoms with Crippen LogP contribution in [-0.2, 0) is 18.9 Å². The fraction of sp³-hybridized carbons (Fsp3) is 0.500. The molecule has 0 aliphatic heterocycles. The number of hydrogen-bond donors (Lipinski definition) is 2. The van der Waals surface area contributed by atoms with Gasteiger partial charge in [0.2, 0.25) is 0 Å². The Bertz CT molecular complexity index is 956. The van der Waals surface area contributed by atoms with Gasteiger partial charge in [-0.15, -0.1) is 0 Å². The summed E-state index contributed by atoms with van der Waals surface area (Å²) >= 11 is 4.55. The third kappa shape index (κ3) is 9.40. The highest BCUT2D eigenvalue weighted by molar-refractivity contribution is 14.1. The van der Waals surface area contributed by atoms with Gasteiger partial charge in [0.15, 0.2) is 11.6 Å². The number of carbonyl (C=O) groups is 2.